The number of aliphatic hydroxyl groups excluding tert-OH is 3. The molecule has 8 nitrogen and oxygen atoms in total. The van der Waals surface area contributed by atoms with Crippen molar-refractivity contribution in [1.82, 2.24) is 4.98 Å². The van der Waals surface area contributed by atoms with Gasteiger partial charge in [0.05, 0.1) is 18.8 Å². The van der Waals surface area contributed by atoms with Crippen molar-refractivity contribution in [3.63, 3.8) is 0 Å². The van der Waals surface area contributed by atoms with E-state index in [2.05, 4.69) is 4.98 Å². The first-order valence-corrected chi connectivity index (χ1v) is 11.3. The minimum atomic E-state index is -0.592. The Hall–Kier alpha value is -2.20. The predicted molar refractivity (Wildman–Crippen MR) is 115 cm³/mol. The van der Waals surface area contributed by atoms with E-state index < -0.39 is 18.2 Å². The standard InChI is InChI=1S/C22H29NO7S/c24-8-9-30-22(29)19-7-5-14(31-19)2-1-3-15-16(18(26)12-17(15)25)6-4-13-10-20(27)23-21(28)11-13/h5,7,10-11,15-18,24-26H,1-4,6,8-9,12H2,(H2,23,27,28)/t15?,16-,17?,18?/m1/s1. The number of aromatic amines is 1. The molecule has 0 amide bonds. The molecule has 31 heavy (non-hydrogen) atoms. The molecule has 0 bridgehead atoms. The molecule has 1 saturated carbocycles. The van der Waals surface area contributed by atoms with Crippen LogP contribution in [0.3, 0.4) is 0 Å². The quantitative estimate of drug-likeness (QED) is 0.346. The monoisotopic (exact) mass is 451 g/mol. The number of carbonyl (C=O) groups is 1. The zero-order valence-corrected chi connectivity index (χ0v) is 18.0. The molecule has 0 saturated heterocycles. The van der Waals surface area contributed by atoms with Gasteiger partial charge < -0.3 is 25.2 Å². The fourth-order valence-corrected chi connectivity index (χ4v) is 5.33. The normalized spacial score (nSPS) is 23.2. The minimum Gasteiger partial charge on any atom is -0.495 e. The highest BCUT2D eigenvalue weighted by atomic mass is 32.1. The number of rotatable bonds is 10. The number of nitrogens with one attached hydrogen (secondary N) is 1. The number of H-pyrrole nitrogens is 1. The first-order chi connectivity index (χ1) is 14.9. The maximum Gasteiger partial charge on any atom is 0.348 e. The van der Waals surface area contributed by atoms with Gasteiger partial charge in [-0.05, 0) is 68.1 Å². The number of aromatic nitrogens is 1. The van der Waals surface area contributed by atoms with E-state index in [4.69, 9.17) is 9.84 Å². The van der Waals surface area contributed by atoms with E-state index in [1.807, 2.05) is 6.07 Å². The van der Waals surface area contributed by atoms with Crippen LogP contribution in [0.5, 0.6) is 5.88 Å². The van der Waals surface area contributed by atoms with Gasteiger partial charge in [0, 0.05) is 17.0 Å². The first-order valence-electron chi connectivity index (χ1n) is 10.5. The first kappa shape index (κ1) is 23.5. The summed E-state index contributed by atoms with van der Waals surface area (Å²) < 4.78 is 4.92. The Morgan fingerprint density at radius 3 is 2.58 bits per heavy atom. The van der Waals surface area contributed by atoms with Gasteiger partial charge in [0.15, 0.2) is 5.88 Å². The summed E-state index contributed by atoms with van der Waals surface area (Å²) in [5, 5.41) is 39.2. The number of ether oxygens (including phenoxy) is 1. The largest absolute Gasteiger partial charge is 0.495 e. The van der Waals surface area contributed by atoms with Crippen LogP contribution in [0.25, 0.3) is 0 Å². The maximum atomic E-state index is 11.8. The van der Waals surface area contributed by atoms with Crippen LogP contribution in [0.2, 0.25) is 0 Å². The van der Waals surface area contributed by atoms with Crippen molar-refractivity contribution < 1.29 is 30.0 Å². The molecular weight excluding hydrogens is 422 g/mol. The van der Waals surface area contributed by atoms with Crippen molar-refractivity contribution in [2.45, 2.75) is 50.7 Å². The van der Waals surface area contributed by atoms with E-state index in [0.29, 0.717) is 29.7 Å². The van der Waals surface area contributed by atoms with Crippen LogP contribution in [0.1, 0.15) is 45.8 Å². The van der Waals surface area contributed by atoms with E-state index in [0.717, 1.165) is 24.1 Å². The number of hydrogen-bond acceptors (Lipinski definition) is 8. The summed E-state index contributed by atoms with van der Waals surface area (Å²) in [5.41, 5.74) is 0.335. The molecule has 0 spiro atoms. The van der Waals surface area contributed by atoms with Crippen LogP contribution in [-0.2, 0) is 17.6 Å². The van der Waals surface area contributed by atoms with Crippen molar-refractivity contribution in [3.8, 4) is 5.88 Å². The summed E-state index contributed by atoms with van der Waals surface area (Å²) in [6, 6.07) is 6.55. The smallest absolute Gasteiger partial charge is 0.348 e. The fraction of sp³-hybridized carbons (Fsp3) is 0.545. The Kier molecular flexibility index (Phi) is 8.25. The van der Waals surface area contributed by atoms with Crippen molar-refractivity contribution >= 4 is 17.3 Å². The molecule has 4 atom stereocenters. The lowest BCUT2D eigenvalue weighted by atomic mass is 9.85. The van der Waals surface area contributed by atoms with Crippen LogP contribution in [0.15, 0.2) is 29.1 Å². The highest BCUT2D eigenvalue weighted by Gasteiger charge is 2.40. The van der Waals surface area contributed by atoms with Crippen LogP contribution in [-0.4, -0.2) is 56.8 Å². The molecular formula is C22H29NO7S. The number of hydrogen-bond donors (Lipinski definition) is 5. The third kappa shape index (κ3) is 6.39. The molecule has 9 heteroatoms. The number of pyridine rings is 1. The number of aryl methyl sites for hydroxylation is 2. The predicted octanol–water partition coefficient (Wildman–Crippen LogP) is 1.60. The molecule has 1 aliphatic rings. The molecule has 1 fully saturated rings. The zero-order chi connectivity index (χ0) is 22.4. The van der Waals surface area contributed by atoms with Gasteiger partial charge in [-0.25, -0.2) is 4.79 Å². The van der Waals surface area contributed by atoms with Gasteiger partial charge in [-0.15, -0.1) is 11.3 Å². The third-order valence-corrected chi connectivity index (χ3v) is 6.95. The molecule has 3 unspecified atom stereocenters. The topological polar surface area (TPSA) is 140 Å². The van der Waals surface area contributed by atoms with E-state index in [1.54, 1.807) is 6.07 Å². The number of carbonyl (C=O) groups excluding carboxylic acids is 1. The number of thiophene rings is 1. The number of esters is 1. The van der Waals surface area contributed by atoms with Gasteiger partial charge >= 0.3 is 5.97 Å². The second-order valence-electron chi connectivity index (χ2n) is 7.99. The third-order valence-electron chi connectivity index (χ3n) is 5.83. The zero-order valence-electron chi connectivity index (χ0n) is 17.2. The van der Waals surface area contributed by atoms with Crippen molar-refractivity contribution in [2.24, 2.45) is 11.8 Å². The Morgan fingerprint density at radius 2 is 1.87 bits per heavy atom. The van der Waals surface area contributed by atoms with E-state index in [1.165, 1.54) is 23.5 Å². The Labute approximate surface area is 184 Å². The van der Waals surface area contributed by atoms with Crippen molar-refractivity contribution in [3.05, 3.63) is 49.9 Å². The second kappa shape index (κ2) is 10.9. The van der Waals surface area contributed by atoms with Crippen LogP contribution in [0, 0.1) is 11.8 Å². The van der Waals surface area contributed by atoms with E-state index >= 15 is 0 Å². The summed E-state index contributed by atoms with van der Waals surface area (Å²) in [5.74, 6) is -0.740. The Bertz CT molecular complexity index is 925. The van der Waals surface area contributed by atoms with Crippen LogP contribution < -0.4 is 5.56 Å². The summed E-state index contributed by atoms with van der Waals surface area (Å²) in [7, 11) is 0. The lowest BCUT2D eigenvalue weighted by molar-refractivity contribution is 0.0439. The molecule has 0 aliphatic heterocycles. The fourth-order valence-electron chi connectivity index (χ4n) is 4.39. The summed E-state index contributed by atoms with van der Waals surface area (Å²) >= 11 is 1.36. The average Bonchev–Trinajstić information content (AvgIpc) is 3.28. The maximum absolute atomic E-state index is 11.8. The lowest BCUT2D eigenvalue weighted by Crippen LogP contribution is -2.23. The molecule has 0 radical (unpaired) electrons. The Balaban J connectivity index is 1.52. The average molecular weight is 452 g/mol. The van der Waals surface area contributed by atoms with Gasteiger partial charge in [-0.3, -0.25) is 9.78 Å². The van der Waals surface area contributed by atoms with Crippen LogP contribution in [0.4, 0.5) is 0 Å². The van der Waals surface area contributed by atoms with E-state index in [9.17, 15) is 24.9 Å². The van der Waals surface area contributed by atoms with Gasteiger partial charge in [-0.1, -0.05) is 0 Å². The molecule has 2 aromatic heterocycles. The van der Waals surface area contributed by atoms with Crippen LogP contribution >= 0.6 is 11.3 Å². The summed E-state index contributed by atoms with van der Waals surface area (Å²) in [4.78, 5) is 27.2. The molecule has 0 aromatic carbocycles. The molecule has 1 aliphatic carbocycles. The van der Waals surface area contributed by atoms with Crippen molar-refractivity contribution in [2.75, 3.05) is 13.2 Å². The van der Waals surface area contributed by atoms with Gasteiger partial charge in [0.2, 0.25) is 0 Å². The Morgan fingerprint density at radius 1 is 1.13 bits per heavy atom. The second-order valence-corrected chi connectivity index (χ2v) is 9.16. The van der Waals surface area contributed by atoms with Gasteiger partial charge in [-0.2, -0.15) is 0 Å². The SMILES string of the molecule is O=C(OCCO)c1ccc(CCCC2C(O)CC(O)[C@@H]2CCc2cc(O)[nH]c(=O)c2)s1. The van der Waals surface area contributed by atoms with E-state index in [-0.39, 0.29) is 36.5 Å². The molecule has 2 heterocycles. The summed E-state index contributed by atoms with van der Waals surface area (Å²) in [6.07, 6.45) is 2.64. The summed E-state index contributed by atoms with van der Waals surface area (Å²) in [6.45, 7) is -0.227. The molecule has 170 valence electrons. The van der Waals surface area contributed by atoms with Gasteiger partial charge in [0.25, 0.3) is 5.56 Å². The lowest BCUT2D eigenvalue weighted by Gasteiger charge is -2.23. The molecule has 5 N–H and O–H groups in total. The molecule has 3 rings (SSSR count). The highest BCUT2D eigenvalue weighted by molar-refractivity contribution is 7.13. The van der Waals surface area contributed by atoms with Gasteiger partial charge in [0.1, 0.15) is 11.5 Å². The molecule has 2 aromatic rings. The number of aromatic hydroxyl groups is 1. The number of aliphatic hydroxyl groups is 3. The highest BCUT2D eigenvalue weighted by Crippen LogP contribution is 2.39. The van der Waals surface area contributed by atoms with Crippen molar-refractivity contribution in [1.29, 1.82) is 0 Å². The minimum absolute atomic E-state index is 0.0215.